The number of carboxylic acid groups (broad SMARTS) is 2. The second-order valence-electron chi connectivity index (χ2n) is 3.30. The van der Waals surface area contributed by atoms with E-state index in [9.17, 15) is 29.4 Å². The molecule has 17 heavy (non-hydrogen) atoms. The summed E-state index contributed by atoms with van der Waals surface area (Å²) in [6, 6.07) is 0. The van der Waals surface area contributed by atoms with Crippen LogP contribution in [-0.2, 0) is 40.9 Å². The molecule has 0 spiro atoms. The molecule has 0 saturated heterocycles. The van der Waals surface area contributed by atoms with Gasteiger partial charge in [0.2, 0.25) is 0 Å². The number of hydrogen-bond donors (Lipinski definition) is 0. The molecule has 0 aromatic heterocycles. The van der Waals surface area contributed by atoms with Crippen molar-refractivity contribution in [2.75, 3.05) is 0 Å². The quantitative estimate of drug-likeness (QED) is 0.430. The Labute approximate surface area is 114 Å². The zero-order valence-corrected chi connectivity index (χ0v) is 11.7. The van der Waals surface area contributed by atoms with E-state index >= 15 is 0 Å². The Bertz CT molecular complexity index is 241. The van der Waals surface area contributed by atoms with Crippen LogP contribution >= 0.6 is 0 Å². The first-order valence-corrected chi connectivity index (χ1v) is 4.53. The third-order valence-electron chi connectivity index (χ3n) is 1.93. The minimum absolute atomic E-state index is 0. The van der Waals surface area contributed by atoms with Gasteiger partial charge in [-0.25, -0.2) is 0 Å². The van der Waals surface area contributed by atoms with E-state index in [1.165, 1.54) is 27.7 Å². The molecule has 0 aromatic carbocycles. The van der Waals surface area contributed by atoms with E-state index in [4.69, 9.17) is 0 Å². The van der Waals surface area contributed by atoms with E-state index in [1.54, 1.807) is 0 Å². The summed E-state index contributed by atoms with van der Waals surface area (Å²) in [5, 5.41) is 19.6. The van der Waals surface area contributed by atoms with Crippen molar-refractivity contribution in [2.45, 2.75) is 27.7 Å². The topological polar surface area (TPSA) is 114 Å². The minimum atomic E-state index is -1.31. The van der Waals surface area contributed by atoms with Crippen LogP contribution in [0.25, 0.3) is 0 Å². The molecule has 0 aliphatic carbocycles. The summed E-state index contributed by atoms with van der Waals surface area (Å²) in [4.78, 5) is 39.9. The first-order valence-electron chi connectivity index (χ1n) is 4.53. The summed E-state index contributed by atoms with van der Waals surface area (Å²) in [5.74, 6) is -5.28. The van der Waals surface area contributed by atoms with E-state index in [2.05, 4.69) is 0 Å². The van der Waals surface area contributed by atoms with Gasteiger partial charge in [-0.2, -0.15) is 0 Å². The average Bonchev–Trinajstić information content (AvgIpc) is 2.15. The van der Waals surface area contributed by atoms with Gasteiger partial charge in [-0.05, 0) is 13.8 Å². The van der Waals surface area contributed by atoms with E-state index < -0.39 is 23.8 Å². The molecule has 0 heterocycles. The molecule has 0 fully saturated rings. The van der Waals surface area contributed by atoms with Crippen LogP contribution < -0.4 is 10.2 Å². The molecule has 0 saturated carbocycles. The van der Waals surface area contributed by atoms with Crippen molar-refractivity contribution in [3.05, 3.63) is 0 Å². The first kappa shape index (κ1) is 21.3. The van der Waals surface area contributed by atoms with Crippen molar-refractivity contribution in [1.82, 2.24) is 0 Å². The van der Waals surface area contributed by atoms with Crippen LogP contribution in [0, 0.1) is 11.8 Å². The molecule has 6 nitrogen and oxygen atoms in total. The van der Waals surface area contributed by atoms with Gasteiger partial charge in [0.15, 0.2) is 0 Å². The van der Waals surface area contributed by atoms with Gasteiger partial charge in [0.25, 0.3) is 0 Å². The van der Waals surface area contributed by atoms with Gasteiger partial charge in [0.05, 0.1) is 23.8 Å². The van der Waals surface area contributed by atoms with Gasteiger partial charge < -0.3 is 19.8 Å². The minimum Gasteiger partial charge on any atom is -0.549 e. The molecule has 94 valence electrons. The van der Waals surface area contributed by atoms with Crippen LogP contribution in [0.4, 0.5) is 0 Å². The summed E-state index contributed by atoms with van der Waals surface area (Å²) in [6.45, 7) is 5.05. The number of carboxylic acids is 2. The van der Waals surface area contributed by atoms with E-state index in [0.717, 1.165) is 0 Å². The van der Waals surface area contributed by atoms with Crippen molar-refractivity contribution < 1.29 is 51.1 Å². The van der Waals surface area contributed by atoms with Gasteiger partial charge >= 0.3 is 21.7 Å². The Morgan fingerprint density at radius 3 is 0.941 bits per heavy atom. The van der Waals surface area contributed by atoms with E-state index in [-0.39, 0.29) is 33.3 Å². The fraction of sp³-hybridized carbons (Fsp3) is 0.600. The maximum atomic E-state index is 10.2. The molecule has 2 unspecified atom stereocenters. The molecule has 0 amide bonds. The van der Waals surface area contributed by atoms with Crippen molar-refractivity contribution in [3.8, 4) is 0 Å². The molecule has 7 heteroatoms. The Morgan fingerprint density at radius 2 is 0.941 bits per heavy atom. The summed E-state index contributed by atoms with van der Waals surface area (Å²) in [5.41, 5.74) is 0. The molecule has 0 aromatic rings. The molecular weight excluding hydrogens is 264 g/mol. The Morgan fingerprint density at radius 1 is 0.765 bits per heavy atom. The van der Waals surface area contributed by atoms with Crippen LogP contribution in [0.15, 0.2) is 0 Å². The molecule has 0 rings (SSSR count). The van der Waals surface area contributed by atoms with Gasteiger partial charge in [0, 0.05) is 0 Å². The Kier molecular flexibility index (Phi) is 12.7. The number of carbonyl (C=O) groups is 4. The standard InChI is InChI=1S/2C5H8O3.Ti/c2*1-3(4(2)6)5(7)8;/h2*3H,1-2H3,(H,7,8);/q;;+2/p-2. The third kappa shape index (κ3) is 11.3. The zero-order valence-electron chi connectivity index (χ0n) is 10.1. The summed E-state index contributed by atoms with van der Waals surface area (Å²) >= 11 is 0. The van der Waals surface area contributed by atoms with Gasteiger partial charge in [-0.3, -0.25) is 9.59 Å². The largest absolute Gasteiger partial charge is 2.00 e. The van der Waals surface area contributed by atoms with Crippen LogP contribution in [-0.4, -0.2) is 23.5 Å². The van der Waals surface area contributed by atoms with Gasteiger partial charge in [-0.1, -0.05) is 13.8 Å². The summed E-state index contributed by atoms with van der Waals surface area (Å²) in [7, 11) is 0. The predicted octanol–water partition coefficient (Wildman–Crippen LogP) is -2.08. The van der Waals surface area contributed by atoms with Crippen LogP contribution in [0.3, 0.4) is 0 Å². The number of hydrogen-bond acceptors (Lipinski definition) is 6. The number of ketones is 2. The average molecular weight is 278 g/mol. The fourth-order valence-electron chi connectivity index (χ4n) is 0.332. The third-order valence-corrected chi connectivity index (χ3v) is 1.93. The van der Waals surface area contributed by atoms with E-state index in [0.29, 0.717) is 0 Å². The maximum Gasteiger partial charge on any atom is 2.00 e. The normalized spacial score (nSPS) is 12.0. The van der Waals surface area contributed by atoms with Gasteiger partial charge in [0.1, 0.15) is 11.6 Å². The SMILES string of the molecule is CC(=O)C(C)C(=O)[O-].CC(=O)C(C)C(=O)[O-].[Ti+2]. The molecule has 0 N–H and O–H groups in total. The summed E-state index contributed by atoms with van der Waals surface area (Å²) in [6.07, 6.45) is 0. The van der Waals surface area contributed by atoms with Crippen LogP contribution in [0.1, 0.15) is 27.7 Å². The Hall–Kier alpha value is -1.01. The monoisotopic (exact) mass is 278 g/mol. The van der Waals surface area contributed by atoms with Crippen molar-refractivity contribution in [1.29, 1.82) is 0 Å². The molecule has 0 radical (unpaired) electrons. The number of aliphatic carboxylic acids is 2. The molecule has 0 aliphatic rings. The number of carbonyl (C=O) groups excluding carboxylic acids is 4. The Balaban J connectivity index is -0.000000218. The second-order valence-corrected chi connectivity index (χ2v) is 3.30. The van der Waals surface area contributed by atoms with Crippen molar-refractivity contribution in [2.24, 2.45) is 11.8 Å². The fourth-order valence-corrected chi connectivity index (χ4v) is 0.332. The molecular formula is C10H14O6Ti. The van der Waals surface area contributed by atoms with Crippen LogP contribution in [0.5, 0.6) is 0 Å². The number of Topliss-reactive ketones (excluding diaryl/α,β-unsaturated/α-hetero) is 2. The molecule has 0 bridgehead atoms. The predicted molar refractivity (Wildman–Crippen MR) is 49.7 cm³/mol. The maximum absolute atomic E-state index is 10.2. The summed E-state index contributed by atoms with van der Waals surface area (Å²) < 4.78 is 0. The van der Waals surface area contributed by atoms with E-state index in [1.807, 2.05) is 0 Å². The first-order chi connectivity index (χ1) is 7.11. The van der Waals surface area contributed by atoms with Crippen molar-refractivity contribution >= 4 is 23.5 Å². The van der Waals surface area contributed by atoms with Gasteiger partial charge in [-0.15, -0.1) is 0 Å². The molecule has 0 aliphatic heterocycles. The van der Waals surface area contributed by atoms with Crippen molar-refractivity contribution in [3.63, 3.8) is 0 Å². The second kappa shape index (κ2) is 10.2. The number of rotatable bonds is 4. The van der Waals surface area contributed by atoms with Crippen LogP contribution in [0.2, 0.25) is 0 Å². The zero-order chi connectivity index (χ0) is 13.5. The smallest absolute Gasteiger partial charge is 0.549 e. The molecule has 2 atom stereocenters.